The standard InChI is InChI=1S/C18H17NO2S2/c1-14(11-12-15-7-3-2-4-8-15)13-23(20,21)18-19-16-9-5-6-10-17(16)22-18/h2-11H,12-13H2,1H3/b14-11-. The molecule has 0 atom stereocenters. The Labute approximate surface area is 140 Å². The molecule has 0 N–H and O–H groups in total. The Morgan fingerprint density at radius 3 is 2.52 bits per heavy atom. The molecule has 0 aliphatic carbocycles. The lowest BCUT2D eigenvalue weighted by atomic mass is 10.1. The third-order valence-electron chi connectivity index (χ3n) is 3.49. The maximum atomic E-state index is 12.5. The Morgan fingerprint density at radius 2 is 1.78 bits per heavy atom. The Balaban J connectivity index is 1.77. The van der Waals surface area contributed by atoms with E-state index in [0.29, 0.717) is 0 Å². The van der Waals surface area contributed by atoms with Crippen LogP contribution in [0.3, 0.4) is 0 Å². The number of sulfone groups is 1. The quantitative estimate of drug-likeness (QED) is 0.650. The van der Waals surface area contributed by atoms with Gasteiger partial charge in [0.1, 0.15) is 0 Å². The second-order valence-corrected chi connectivity index (χ2v) is 8.64. The van der Waals surface area contributed by atoms with Crippen LogP contribution in [-0.2, 0) is 16.3 Å². The van der Waals surface area contributed by atoms with E-state index < -0.39 is 9.84 Å². The van der Waals surface area contributed by atoms with Crippen LogP contribution in [0.4, 0.5) is 0 Å². The number of nitrogens with zero attached hydrogens (tertiary/aromatic N) is 1. The smallest absolute Gasteiger partial charge is 0.210 e. The summed E-state index contributed by atoms with van der Waals surface area (Å²) in [6, 6.07) is 17.5. The highest BCUT2D eigenvalue weighted by Gasteiger charge is 2.20. The molecule has 23 heavy (non-hydrogen) atoms. The minimum Gasteiger partial charge on any atom is -0.225 e. The van der Waals surface area contributed by atoms with Gasteiger partial charge in [0.15, 0.2) is 0 Å². The molecule has 5 heteroatoms. The summed E-state index contributed by atoms with van der Waals surface area (Å²) in [7, 11) is -3.39. The molecule has 3 rings (SSSR count). The molecule has 0 spiro atoms. The van der Waals surface area contributed by atoms with Crippen LogP contribution in [0.2, 0.25) is 0 Å². The van der Waals surface area contributed by atoms with E-state index in [1.54, 1.807) is 0 Å². The van der Waals surface area contributed by atoms with Crippen LogP contribution in [0.1, 0.15) is 12.5 Å². The fraction of sp³-hybridized carbons (Fsp3) is 0.167. The third-order valence-corrected chi connectivity index (χ3v) is 6.79. The Hall–Kier alpha value is -1.98. The van der Waals surface area contributed by atoms with E-state index in [-0.39, 0.29) is 10.1 Å². The second kappa shape index (κ2) is 6.64. The number of aromatic nitrogens is 1. The van der Waals surface area contributed by atoms with Crippen molar-refractivity contribution in [2.45, 2.75) is 17.7 Å². The van der Waals surface area contributed by atoms with Crippen molar-refractivity contribution in [3.8, 4) is 0 Å². The molecule has 0 aliphatic rings. The monoisotopic (exact) mass is 343 g/mol. The predicted octanol–water partition coefficient (Wildman–Crippen LogP) is 4.26. The number of hydrogen-bond donors (Lipinski definition) is 0. The van der Waals surface area contributed by atoms with Gasteiger partial charge >= 0.3 is 0 Å². The van der Waals surface area contributed by atoms with Gasteiger partial charge in [-0.05, 0) is 31.0 Å². The van der Waals surface area contributed by atoms with Crippen LogP contribution in [0.25, 0.3) is 10.2 Å². The largest absolute Gasteiger partial charge is 0.225 e. The van der Waals surface area contributed by atoms with Gasteiger partial charge in [0.05, 0.1) is 16.0 Å². The van der Waals surface area contributed by atoms with E-state index >= 15 is 0 Å². The second-order valence-electron chi connectivity index (χ2n) is 5.45. The first kappa shape index (κ1) is 15.9. The van der Waals surface area contributed by atoms with Crippen molar-refractivity contribution >= 4 is 31.4 Å². The number of thiazole rings is 1. The highest BCUT2D eigenvalue weighted by molar-refractivity contribution is 7.93. The molecule has 0 unspecified atom stereocenters. The lowest BCUT2D eigenvalue weighted by Crippen LogP contribution is -2.07. The van der Waals surface area contributed by atoms with Crippen molar-refractivity contribution in [1.29, 1.82) is 0 Å². The van der Waals surface area contributed by atoms with E-state index in [9.17, 15) is 8.42 Å². The summed E-state index contributed by atoms with van der Waals surface area (Å²) in [4.78, 5) is 4.26. The van der Waals surface area contributed by atoms with Gasteiger partial charge in [-0.3, -0.25) is 0 Å². The highest BCUT2D eigenvalue weighted by atomic mass is 32.2. The molecule has 0 fully saturated rings. The molecule has 1 aromatic heterocycles. The zero-order chi connectivity index (χ0) is 16.3. The van der Waals surface area contributed by atoms with Crippen molar-refractivity contribution in [2.75, 3.05) is 5.75 Å². The number of benzene rings is 2. The maximum Gasteiger partial charge on any atom is 0.210 e. The van der Waals surface area contributed by atoms with Crippen molar-refractivity contribution in [1.82, 2.24) is 4.98 Å². The molecule has 0 amide bonds. The molecule has 0 saturated heterocycles. The Kier molecular flexibility index (Phi) is 4.59. The fourth-order valence-electron chi connectivity index (χ4n) is 2.31. The first-order valence-electron chi connectivity index (χ1n) is 7.32. The number of allylic oxidation sites excluding steroid dienone is 1. The lowest BCUT2D eigenvalue weighted by Gasteiger charge is -2.02. The lowest BCUT2D eigenvalue weighted by molar-refractivity contribution is 0.597. The van der Waals surface area contributed by atoms with Crippen molar-refractivity contribution in [3.63, 3.8) is 0 Å². The summed E-state index contributed by atoms with van der Waals surface area (Å²) in [5.41, 5.74) is 2.75. The molecular formula is C18H17NO2S2. The van der Waals surface area contributed by atoms with Gasteiger partial charge in [-0.1, -0.05) is 54.1 Å². The number of hydrogen-bond acceptors (Lipinski definition) is 4. The van der Waals surface area contributed by atoms with Gasteiger partial charge in [0, 0.05) is 0 Å². The molecule has 3 aromatic rings. The van der Waals surface area contributed by atoms with Gasteiger partial charge in [-0.25, -0.2) is 13.4 Å². The summed E-state index contributed by atoms with van der Waals surface area (Å²) >= 11 is 1.23. The fourth-order valence-corrected chi connectivity index (χ4v) is 5.04. The molecule has 2 aromatic carbocycles. The average molecular weight is 343 g/mol. The molecule has 0 aliphatic heterocycles. The van der Waals surface area contributed by atoms with E-state index in [1.807, 2.05) is 67.6 Å². The van der Waals surface area contributed by atoms with E-state index in [0.717, 1.165) is 22.2 Å². The topological polar surface area (TPSA) is 47.0 Å². The summed E-state index contributed by atoms with van der Waals surface area (Å²) in [5, 5.41) is 0. The first-order valence-corrected chi connectivity index (χ1v) is 9.79. The molecule has 0 saturated carbocycles. The molecule has 3 nitrogen and oxygen atoms in total. The zero-order valence-electron chi connectivity index (χ0n) is 12.8. The van der Waals surface area contributed by atoms with Crippen LogP contribution in [0.15, 0.2) is 70.6 Å². The number of fused-ring (bicyclic) bond motifs is 1. The van der Waals surface area contributed by atoms with Crippen LogP contribution >= 0.6 is 11.3 Å². The van der Waals surface area contributed by atoms with Crippen LogP contribution in [0, 0.1) is 0 Å². The van der Waals surface area contributed by atoms with Crippen molar-refractivity contribution in [3.05, 3.63) is 71.8 Å². The summed E-state index contributed by atoms with van der Waals surface area (Å²) in [6.45, 7) is 1.85. The first-order chi connectivity index (χ1) is 11.0. The van der Waals surface area contributed by atoms with Crippen LogP contribution < -0.4 is 0 Å². The van der Waals surface area contributed by atoms with E-state index in [1.165, 1.54) is 16.9 Å². The van der Waals surface area contributed by atoms with Gasteiger partial charge in [-0.15, -0.1) is 11.3 Å². The summed E-state index contributed by atoms with van der Waals surface area (Å²) in [6.07, 6.45) is 2.71. The van der Waals surface area contributed by atoms with Gasteiger partial charge < -0.3 is 0 Å². The molecule has 118 valence electrons. The predicted molar refractivity (Wildman–Crippen MR) is 95.6 cm³/mol. The summed E-state index contributed by atoms with van der Waals surface area (Å²) < 4.78 is 26.2. The van der Waals surface area contributed by atoms with Crippen molar-refractivity contribution < 1.29 is 8.42 Å². The van der Waals surface area contributed by atoms with E-state index in [4.69, 9.17) is 0 Å². The summed E-state index contributed by atoms with van der Waals surface area (Å²) in [5.74, 6) is 0.0135. The molecule has 1 heterocycles. The minimum atomic E-state index is -3.39. The van der Waals surface area contributed by atoms with Gasteiger partial charge in [0.2, 0.25) is 14.2 Å². The van der Waals surface area contributed by atoms with Crippen LogP contribution in [-0.4, -0.2) is 19.2 Å². The Morgan fingerprint density at radius 1 is 1.09 bits per heavy atom. The third kappa shape index (κ3) is 3.86. The normalized spacial score (nSPS) is 12.7. The number of rotatable bonds is 5. The molecule has 0 radical (unpaired) electrons. The highest BCUT2D eigenvalue weighted by Crippen LogP contribution is 2.26. The van der Waals surface area contributed by atoms with Crippen LogP contribution in [0.5, 0.6) is 0 Å². The maximum absolute atomic E-state index is 12.5. The van der Waals surface area contributed by atoms with Crippen molar-refractivity contribution in [2.24, 2.45) is 0 Å². The van der Waals surface area contributed by atoms with E-state index in [2.05, 4.69) is 4.98 Å². The number of para-hydroxylation sites is 1. The van der Waals surface area contributed by atoms with Gasteiger partial charge in [-0.2, -0.15) is 0 Å². The zero-order valence-corrected chi connectivity index (χ0v) is 14.4. The Bertz CT molecular complexity index is 908. The minimum absolute atomic E-state index is 0.0135. The molecule has 0 bridgehead atoms. The molecular weight excluding hydrogens is 326 g/mol. The van der Waals surface area contributed by atoms with Gasteiger partial charge in [0.25, 0.3) is 0 Å². The SMILES string of the molecule is C/C(=C/Cc1ccccc1)CS(=O)(=O)c1nc2ccccc2s1. The average Bonchev–Trinajstić information content (AvgIpc) is 2.99.